The second-order valence-electron chi connectivity index (χ2n) is 10.4. The van der Waals surface area contributed by atoms with Gasteiger partial charge in [-0.1, -0.05) is 23.7 Å². The summed E-state index contributed by atoms with van der Waals surface area (Å²) in [7, 11) is 0. The number of carbonyl (C=O) groups excluding carboxylic acids is 2. The van der Waals surface area contributed by atoms with Crippen LogP contribution in [0, 0.1) is 17.8 Å². The van der Waals surface area contributed by atoms with Gasteiger partial charge in [0.25, 0.3) is 0 Å². The number of hydrogen-bond acceptors (Lipinski definition) is 3. The van der Waals surface area contributed by atoms with Crippen molar-refractivity contribution in [3.63, 3.8) is 0 Å². The van der Waals surface area contributed by atoms with E-state index in [9.17, 15) is 9.59 Å². The lowest BCUT2D eigenvalue weighted by Crippen LogP contribution is -2.57. The minimum absolute atomic E-state index is 0.108. The van der Waals surface area contributed by atoms with E-state index in [0.717, 1.165) is 63.3 Å². The summed E-state index contributed by atoms with van der Waals surface area (Å²) in [5.74, 6) is 1.91. The van der Waals surface area contributed by atoms with Gasteiger partial charge in [-0.3, -0.25) is 9.59 Å². The van der Waals surface area contributed by atoms with Gasteiger partial charge in [0.2, 0.25) is 11.8 Å². The fourth-order valence-electron chi connectivity index (χ4n) is 6.40. The van der Waals surface area contributed by atoms with E-state index in [1.807, 2.05) is 24.3 Å². The van der Waals surface area contributed by atoms with Crippen LogP contribution in [0.3, 0.4) is 0 Å². The summed E-state index contributed by atoms with van der Waals surface area (Å²) in [5, 5.41) is 4.09. The van der Waals surface area contributed by atoms with Crippen molar-refractivity contribution >= 4 is 23.4 Å². The number of hydrogen-bond donors (Lipinski definition) is 1. The Hall–Kier alpha value is -1.59. The molecule has 30 heavy (non-hydrogen) atoms. The third kappa shape index (κ3) is 3.00. The molecule has 2 saturated carbocycles. The predicted molar refractivity (Wildman–Crippen MR) is 115 cm³/mol. The smallest absolute Gasteiger partial charge is 0.233 e. The molecule has 2 aliphatic carbocycles. The van der Waals surface area contributed by atoms with Crippen LogP contribution in [0.2, 0.25) is 5.02 Å². The zero-order valence-corrected chi connectivity index (χ0v) is 18.2. The van der Waals surface area contributed by atoms with E-state index in [-0.39, 0.29) is 28.7 Å². The van der Waals surface area contributed by atoms with Gasteiger partial charge in [-0.25, -0.2) is 0 Å². The third-order valence-electron chi connectivity index (χ3n) is 8.51. The van der Waals surface area contributed by atoms with Gasteiger partial charge < -0.3 is 15.1 Å². The number of halogens is 1. The molecule has 160 valence electrons. The first-order valence-corrected chi connectivity index (χ1v) is 12.0. The minimum Gasteiger partial charge on any atom is -0.350 e. The normalized spacial score (nSPS) is 31.6. The highest BCUT2D eigenvalue weighted by Gasteiger charge is 2.59. The quantitative estimate of drug-likeness (QED) is 0.803. The fourth-order valence-corrected chi connectivity index (χ4v) is 6.59. The lowest BCUT2D eigenvalue weighted by atomic mass is 9.75. The number of nitrogens with zero attached hydrogens (tertiary/aromatic N) is 2. The number of nitrogens with one attached hydrogen (secondary N) is 1. The molecule has 1 spiro atoms. The third-order valence-corrected chi connectivity index (χ3v) is 8.74. The molecule has 6 rings (SSSR count). The van der Waals surface area contributed by atoms with Crippen molar-refractivity contribution < 1.29 is 9.59 Å². The van der Waals surface area contributed by atoms with Gasteiger partial charge in [-0.05, 0) is 62.1 Å². The Morgan fingerprint density at radius 1 is 1.13 bits per heavy atom. The Balaban J connectivity index is 1.15. The standard InChI is InChI=1S/C24H30ClN3O2/c25-18-3-1-2-17(12-18)23(6-7-23)22(30)28-10-8-24(9-11-28)20-15-27(13-16-4-5-16)14-19(20)21(29)26-24/h1-3,12,16,19-20H,4-11,13-15H2,(H,26,29)/t19-,20+/m1/s1. The maximum atomic E-state index is 13.5. The zero-order chi connectivity index (χ0) is 20.5. The Kier molecular flexibility index (Phi) is 4.27. The summed E-state index contributed by atoms with van der Waals surface area (Å²) >= 11 is 6.19. The van der Waals surface area contributed by atoms with E-state index >= 15 is 0 Å². The first-order chi connectivity index (χ1) is 14.5. The topological polar surface area (TPSA) is 52.7 Å². The molecular weight excluding hydrogens is 398 g/mol. The van der Waals surface area contributed by atoms with Gasteiger partial charge in [0.1, 0.15) is 0 Å². The Bertz CT molecular complexity index is 886. The summed E-state index contributed by atoms with van der Waals surface area (Å²) in [4.78, 5) is 30.8. The van der Waals surface area contributed by atoms with E-state index in [1.54, 1.807) is 0 Å². The zero-order valence-electron chi connectivity index (χ0n) is 17.4. The van der Waals surface area contributed by atoms with Crippen molar-refractivity contribution in [3.8, 4) is 0 Å². The summed E-state index contributed by atoms with van der Waals surface area (Å²) in [6, 6.07) is 7.80. The van der Waals surface area contributed by atoms with Gasteiger partial charge in [-0.15, -0.1) is 0 Å². The molecule has 6 heteroatoms. The number of benzene rings is 1. The molecule has 0 aromatic heterocycles. The van der Waals surface area contributed by atoms with Crippen LogP contribution in [0.5, 0.6) is 0 Å². The molecule has 3 saturated heterocycles. The minimum atomic E-state index is -0.370. The van der Waals surface area contributed by atoms with Crippen LogP contribution in [0.4, 0.5) is 0 Å². The van der Waals surface area contributed by atoms with Crippen molar-refractivity contribution in [2.24, 2.45) is 17.8 Å². The van der Waals surface area contributed by atoms with Crippen molar-refractivity contribution in [2.75, 3.05) is 32.7 Å². The molecule has 2 atom stereocenters. The summed E-state index contributed by atoms with van der Waals surface area (Å²) in [5.41, 5.74) is 0.579. The molecule has 1 aromatic rings. The van der Waals surface area contributed by atoms with Crippen molar-refractivity contribution in [1.29, 1.82) is 0 Å². The lowest BCUT2D eigenvalue weighted by Gasteiger charge is -2.43. The first kappa shape index (κ1) is 19.1. The number of amides is 2. The Morgan fingerprint density at radius 3 is 2.57 bits per heavy atom. The van der Waals surface area contributed by atoms with E-state index < -0.39 is 0 Å². The van der Waals surface area contributed by atoms with Crippen LogP contribution in [0.25, 0.3) is 0 Å². The van der Waals surface area contributed by atoms with Crippen molar-refractivity contribution in [2.45, 2.75) is 49.5 Å². The molecular formula is C24H30ClN3O2. The fraction of sp³-hybridized carbons (Fsp3) is 0.667. The number of likely N-dealkylation sites (tertiary alicyclic amines) is 2. The largest absolute Gasteiger partial charge is 0.350 e. The van der Waals surface area contributed by atoms with Crippen molar-refractivity contribution in [1.82, 2.24) is 15.1 Å². The molecule has 5 nitrogen and oxygen atoms in total. The van der Waals surface area contributed by atoms with Gasteiger partial charge in [0.15, 0.2) is 0 Å². The molecule has 0 radical (unpaired) electrons. The van der Waals surface area contributed by atoms with Crippen LogP contribution in [-0.4, -0.2) is 59.9 Å². The second-order valence-corrected chi connectivity index (χ2v) is 10.8. The van der Waals surface area contributed by atoms with Crippen LogP contribution in [0.1, 0.15) is 44.1 Å². The second kappa shape index (κ2) is 6.70. The van der Waals surface area contributed by atoms with E-state index in [1.165, 1.54) is 19.4 Å². The summed E-state index contributed by atoms with van der Waals surface area (Å²) in [6.07, 6.45) is 6.29. The molecule has 3 heterocycles. The molecule has 2 amide bonds. The van der Waals surface area contributed by atoms with Gasteiger partial charge in [-0.2, -0.15) is 0 Å². The highest BCUT2D eigenvalue weighted by Crippen LogP contribution is 2.51. The highest BCUT2D eigenvalue weighted by molar-refractivity contribution is 6.30. The predicted octanol–water partition coefficient (Wildman–Crippen LogP) is 2.82. The van der Waals surface area contributed by atoms with Crippen LogP contribution >= 0.6 is 11.6 Å². The maximum Gasteiger partial charge on any atom is 0.233 e. The van der Waals surface area contributed by atoms with Crippen LogP contribution in [-0.2, 0) is 15.0 Å². The van der Waals surface area contributed by atoms with Crippen LogP contribution < -0.4 is 5.32 Å². The SMILES string of the molecule is O=C1NC2(CCN(C(=O)C3(c4cccc(Cl)c4)CC3)CC2)[C@H]2CN(CC3CC3)C[C@@H]12. The number of rotatable bonds is 4. The molecule has 0 bridgehead atoms. The molecule has 1 N–H and O–H groups in total. The molecule has 1 aromatic carbocycles. The summed E-state index contributed by atoms with van der Waals surface area (Å²) < 4.78 is 0. The van der Waals surface area contributed by atoms with Gasteiger partial charge >= 0.3 is 0 Å². The molecule has 0 unspecified atom stereocenters. The first-order valence-electron chi connectivity index (χ1n) is 11.6. The number of carbonyl (C=O) groups is 2. The number of piperidine rings is 1. The molecule has 5 fully saturated rings. The van der Waals surface area contributed by atoms with Crippen molar-refractivity contribution in [3.05, 3.63) is 34.9 Å². The average Bonchev–Trinajstić information content (AvgIpc) is 3.65. The number of fused-ring (bicyclic) bond motifs is 2. The van der Waals surface area contributed by atoms with E-state index in [0.29, 0.717) is 10.9 Å². The molecule has 3 aliphatic heterocycles. The van der Waals surface area contributed by atoms with E-state index in [4.69, 9.17) is 11.6 Å². The summed E-state index contributed by atoms with van der Waals surface area (Å²) in [6.45, 7) is 4.62. The Labute approximate surface area is 183 Å². The molecule has 5 aliphatic rings. The monoisotopic (exact) mass is 427 g/mol. The van der Waals surface area contributed by atoms with E-state index in [2.05, 4.69) is 15.1 Å². The average molecular weight is 428 g/mol. The Morgan fingerprint density at radius 2 is 1.90 bits per heavy atom. The van der Waals surface area contributed by atoms with Gasteiger partial charge in [0.05, 0.1) is 11.3 Å². The maximum absolute atomic E-state index is 13.5. The lowest BCUT2D eigenvalue weighted by molar-refractivity contribution is -0.136. The van der Waals surface area contributed by atoms with Crippen LogP contribution in [0.15, 0.2) is 24.3 Å². The highest BCUT2D eigenvalue weighted by atomic mass is 35.5. The van der Waals surface area contributed by atoms with Gasteiger partial charge in [0, 0.05) is 49.2 Å².